The summed E-state index contributed by atoms with van der Waals surface area (Å²) in [5.41, 5.74) is 0. The molecular weight excluding hydrogens is 138 g/mol. The van der Waals surface area contributed by atoms with E-state index in [1.165, 1.54) is 0 Å². The van der Waals surface area contributed by atoms with Crippen molar-refractivity contribution in [2.45, 2.75) is 46.6 Å². The lowest BCUT2D eigenvalue weighted by atomic mass is 10.2. The molecule has 2 heteroatoms. The zero-order chi connectivity index (χ0) is 8.85. The SMILES string of the molecule is CCC(=O)N(CC)C(C)CC. The van der Waals surface area contributed by atoms with E-state index in [1.54, 1.807) is 0 Å². The molecule has 11 heavy (non-hydrogen) atoms. The topological polar surface area (TPSA) is 20.3 Å². The quantitative estimate of drug-likeness (QED) is 0.611. The third kappa shape index (κ3) is 2.91. The van der Waals surface area contributed by atoms with Gasteiger partial charge in [-0.25, -0.2) is 0 Å². The largest absolute Gasteiger partial charge is 0.340 e. The lowest BCUT2D eigenvalue weighted by molar-refractivity contribution is -0.132. The van der Waals surface area contributed by atoms with E-state index in [9.17, 15) is 4.79 Å². The van der Waals surface area contributed by atoms with Crippen molar-refractivity contribution in [2.75, 3.05) is 6.54 Å². The molecule has 0 saturated heterocycles. The van der Waals surface area contributed by atoms with Crippen molar-refractivity contribution in [1.29, 1.82) is 0 Å². The summed E-state index contributed by atoms with van der Waals surface area (Å²) in [5.74, 6) is 0.266. The number of nitrogens with zero attached hydrogens (tertiary/aromatic N) is 1. The molecule has 0 spiro atoms. The first-order valence-electron chi connectivity index (χ1n) is 4.46. The molecule has 0 fully saturated rings. The molecular formula is C9H19NO. The molecule has 0 rings (SSSR count). The molecule has 0 aromatic rings. The van der Waals surface area contributed by atoms with Crippen LogP contribution < -0.4 is 0 Å². The minimum Gasteiger partial charge on any atom is -0.340 e. The molecule has 0 N–H and O–H groups in total. The molecule has 0 bridgehead atoms. The molecule has 0 aromatic carbocycles. The molecule has 0 heterocycles. The standard InChI is InChI=1S/C9H19NO/c1-5-8(4)10(7-3)9(11)6-2/h8H,5-7H2,1-4H3. The highest BCUT2D eigenvalue weighted by Gasteiger charge is 2.13. The Hall–Kier alpha value is -0.530. The Morgan fingerprint density at radius 3 is 2.18 bits per heavy atom. The molecule has 66 valence electrons. The number of hydrogen-bond acceptors (Lipinski definition) is 1. The number of carbonyl (C=O) groups excluding carboxylic acids is 1. The first kappa shape index (κ1) is 10.5. The van der Waals surface area contributed by atoms with E-state index in [0.717, 1.165) is 13.0 Å². The van der Waals surface area contributed by atoms with Gasteiger partial charge in [0.15, 0.2) is 0 Å². The minimum atomic E-state index is 0.266. The highest BCUT2D eigenvalue weighted by atomic mass is 16.2. The molecule has 2 nitrogen and oxygen atoms in total. The van der Waals surface area contributed by atoms with Crippen LogP contribution in [0.5, 0.6) is 0 Å². The van der Waals surface area contributed by atoms with Crippen molar-refractivity contribution in [2.24, 2.45) is 0 Å². The van der Waals surface area contributed by atoms with E-state index in [0.29, 0.717) is 12.5 Å². The van der Waals surface area contributed by atoms with Crippen LogP contribution >= 0.6 is 0 Å². The van der Waals surface area contributed by atoms with E-state index >= 15 is 0 Å². The first-order chi connectivity index (χ1) is 5.17. The van der Waals surface area contributed by atoms with Crippen molar-refractivity contribution in [3.8, 4) is 0 Å². The van der Waals surface area contributed by atoms with Gasteiger partial charge in [0.1, 0.15) is 0 Å². The molecule has 1 amide bonds. The lowest BCUT2D eigenvalue weighted by Crippen LogP contribution is -2.37. The van der Waals surface area contributed by atoms with Crippen LogP contribution in [0.2, 0.25) is 0 Å². The highest BCUT2D eigenvalue weighted by molar-refractivity contribution is 5.76. The first-order valence-corrected chi connectivity index (χ1v) is 4.46. The molecule has 1 unspecified atom stereocenters. The van der Waals surface area contributed by atoms with E-state index in [1.807, 2.05) is 18.7 Å². The summed E-state index contributed by atoms with van der Waals surface area (Å²) in [6.07, 6.45) is 1.66. The second kappa shape index (κ2) is 5.16. The van der Waals surface area contributed by atoms with Crippen LogP contribution in [0.1, 0.15) is 40.5 Å². The summed E-state index contributed by atoms with van der Waals surface area (Å²) in [5, 5.41) is 0. The Bertz CT molecular complexity index is 123. The molecule has 0 aliphatic heterocycles. The van der Waals surface area contributed by atoms with Crippen LogP contribution in [0.15, 0.2) is 0 Å². The van der Waals surface area contributed by atoms with Gasteiger partial charge in [0.2, 0.25) is 5.91 Å². The highest BCUT2D eigenvalue weighted by Crippen LogP contribution is 2.04. The molecule has 0 aromatic heterocycles. The monoisotopic (exact) mass is 157 g/mol. The number of carbonyl (C=O) groups is 1. The predicted molar refractivity (Wildman–Crippen MR) is 47.4 cm³/mol. The minimum absolute atomic E-state index is 0.266. The van der Waals surface area contributed by atoms with Crippen LogP contribution in [0.4, 0.5) is 0 Å². The fraction of sp³-hybridized carbons (Fsp3) is 0.889. The van der Waals surface area contributed by atoms with Crippen LogP contribution in [0, 0.1) is 0 Å². The van der Waals surface area contributed by atoms with E-state index in [2.05, 4.69) is 13.8 Å². The Labute approximate surface area is 69.6 Å². The molecule has 0 aliphatic rings. The zero-order valence-electron chi connectivity index (χ0n) is 8.05. The second-order valence-corrected chi connectivity index (χ2v) is 2.79. The number of hydrogen-bond donors (Lipinski definition) is 0. The van der Waals surface area contributed by atoms with Gasteiger partial charge in [-0.05, 0) is 20.3 Å². The maximum absolute atomic E-state index is 11.3. The van der Waals surface area contributed by atoms with Gasteiger partial charge in [0, 0.05) is 19.0 Å². The van der Waals surface area contributed by atoms with Gasteiger partial charge in [0.25, 0.3) is 0 Å². The van der Waals surface area contributed by atoms with Gasteiger partial charge in [0.05, 0.1) is 0 Å². The number of rotatable bonds is 4. The van der Waals surface area contributed by atoms with Crippen molar-refractivity contribution in [1.82, 2.24) is 4.90 Å². The summed E-state index contributed by atoms with van der Waals surface area (Å²) in [4.78, 5) is 13.2. The summed E-state index contributed by atoms with van der Waals surface area (Å²) >= 11 is 0. The fourth-order valence-electron chi connectivity index (χ4n) is 1.16. The summed E-state index contributed by atoms with van der Waals surface area (Å²) in [7, 11) is 0. The third-order valence-electron chi connectivity index (χ3n) is 2.09. The van der Waals surface area contributed by atoms with Gasteiger partial charge in [-0.3, -0.25) is 4.79 Å². The zero-order valence-corrected chi connectivity index (χ0v) is 8.05. The Kier molecular flexibility index (Phi) is 4.92. The maximum atomic E-state index is 11.3. The third-order valence-corrected chi connectivity index (χ3v) is 2.09. The molecule has 1 atom stereocenters. The van der Waals surface area contributed by atoms with Crippen LogP contribution in [-0.4, -0.2) is 23.4 Å². The van der Waals surface area contributed by atoms with Crippen LogP contribution in [-0.2, 0) is 4.79 Å². The van der Waals surface area contributed by atoms with Crippen LogP contribution in [0.25, 0.3) is 0 Å². The van der Waals surface area contributed by atoms with Gasteiger partial charge in [-0.2, -0.15) is 0 Å². The summed E-state index contributed by atoms with van der Waals surface area (Å²) in [6.45, 7) is 8.97. The Balaban J connectivity index is 4.03. The van der Waals surface area contributed by atoms with Crippen molar-refractivity contribution < 1.29 is 4.79 Å². The molecule has 0 saturated carbocycles. The average molecular weight is 157 g/mol. The second-order valence-electron chi connectivity index (χ2n) is 2.79. The summed E-state index contributed by atoms with van der Waals surface area (Å²) < 4.78 is 0. The lowest BCUT2D eigenvalue weighted by Gasteiger charge is -2.26. The number of amides is 1. The molecule has 0 radical (unpaired) electrons. The van der Waals surface area contributed by atoms with Gasteiger partial charge >= 0.3 is 0 Å². The smallest absolute Gasteiger partial charge is 0.222 e. The maximum Gasteiger partial charge on any atom is 0.222 e. The van der Waals surface area contributed by atoms with Crippen molar-refractivity contribution in [3.63, 3.8) is 0 Å². The van der Waals surface area contributed by atoms with Gasteiger partial charge < -0.3 is 4.90 Å². The van der Waals surface area contributed by atoms with E-state index in [-0.39, 0.29) is 5.91 Å². The van der Waals surface area contributed by atoms with Crippen molar-refractivity contribution in [3.05, 3.63) is 0 Å². The van der Waals surface area contributed by atoms with E-state index in [4.69, 9.17) is 0 Å². The van der Waals surface area contributed by atoms with Crippen LogP contribution in [0.3, 0.4) is 0 Å². The van der Waals surface area contributed by atoms with Crippen molar-refractivity contribution >= 4 is 5.91 Å². The predicted octanol–water partition coefficient (Wildman–Crippen LogP) is 2.04. The molecule has 0 aliphatic carbocycles. The van der Waals surface area contributed by atoms with Gasteiger partial charge in [-0.1, -0.05) is 13.8 Å². The Morgan fingerprint density at radius 2 is 1.91 bits per heavy atom. The summed E-state index contributed by atoms with van der Waals surface area (Å²) in [6, 6.07) is 0.396. The Morgan fingerprint density at radius 1 is 1.36 bits per heavy atom. The average Bonchev–Trinajstić information content (AvgIpc) is 2.05. The van der Waals surface area contributed by atoms with E-state index < -0.39 is 0 Å². The normalized spacial score (nSPS) is 12.7. The van der Waals surface area contributed by atoms with Gasteiger partial charge in [-0.15, -0.1) is 0 Å². The fourth-order valence-corrected chi connectivity index (χ4v) is 1.16.